The topological polar surface area (TPSA) is 58.2 Å². The van der Waals surface area contributed by atoms with Crippen LogP contribution in [-0.4, -0.2) is 11.9 Å². The summed E-state index contributed by atoms with van der Waals surface area (Å²) < 4.78 is 27.0. The molecule has 6 heteroatoms. The Bertz CT molecular complexity index is 745. The van der Waals surface area contributed by atoms with E-state index in [1.807, 2.05) is 17.4 Å². The van der Waals surface area contributed by atoms with Crippen LogP contribution in [0.3, 0.4) is 0 Å². The SMILES string of the molecule is CC(C)(C)c1ccc(NC(=O)NC(=O)c2c(F)cccc2F)cc1. The number of hydrogen-bond acceptors (Lipinski definition) is 2. The fourth-order valence-corrected chi connectivity index (χ4v) is 2.10. The molecule has 126 valence electrons. The van der Waals surface area contributed by atoms with Crippen molar-refractivity contribution in [3.63, 3.8) is 0 Å². The van der Waals surface area contributed by atoms with Gasteiger partial charge in [0.05, 0.1) is 0 Å². The van der Waals surface area contributed by atoms with Gasteiger partial charge in [-0.25, -0.2) is 13.6 Å². The van der Waals surface area contributed by atoms with Crippen molar-refractivity contribution < 1.29 is 18.4 Å². The van der Waals surface area contributed by atoms with Crippen LogP contribution in [0.15, 0.2) is 42.5 Å². The Balaban J connectivity index is 2.04. The molecule has 4 nitrogen and oxygen atoms in total. The summed E-state index contributed by atoms with van der Waals surface area (Å²) in [6.07, 6.45) is 0. The average Bonchev–Trinajstić information content (AvgIpc) is 2.46. The highest BCUT2D eigenvalue weighted by atomic mass is 19.1. The van der Waals surface area contributed by atoms with E-state index in [4.69, 9.17) is 0 Å². The summed E-state index contributed by atoms with van der Waals surface area (Å²) in [6, 6.07) is 9.25. The standard InChI is InChI=1S/C18H18F2N2O2/c1-18(2,3)11-7-9-12(10-8-11)21-17(24)22-16(23)15-13(19)5-4-6-14(15)20/h4-10H,1-3H3,(H2,21,22,23,24). The van der Waals surface area contributed by atoms with Gasteiger partial charge in [0, 0.05) is 5.69 Å². The Morgan fingerprint density at radius 3 is 1.96 bits per heavy atom. The van der Waals surface area contributed by atoms with E-state index in [0.717, 1.165) is 23.8 Å². The van der Waals surface area contributed by atoms with E-state index in [9.17, 15) is 18.4 Å². The van der Waals surface area contributed by atoms with Gasteiger partial charge in [0.1, 0.15) is 17.2 Å². The highest BCUT2D eigenvalue weighted by Gasteiger charge is 2.19. The molecular formula is C18H18F2N2O2. The number of hydrogen-bond donors (Lipinski definition) is 2. The summed E-state index contributed by atoms with van der Waals surface area (Å²) in [5.74, 6) is -3.21. The first-order valence-electron chi connectivity index (χ1n) is 7.35. The van der Waals surface area contributed by atoms with Gasteiger partial charge in [0.15, 0.2) is 0 Å². The van der Waals surface area contributed by atoms with E-state index in [0.29, 0.717) is 5.69 Å². The van der Waals surface area contributed by atoms with E-state index in [-0.39, 0.29) is 5.41 Å². The summed E-state index contributed by atoms with van der Waals surface area (Å²) >= 11 is 0. The molecule has 0 aliphatic heterocycles. The first-order chi connectivity index (χ1) is 11.2. The van der Waals surface area contributed by atoms with Gasteiger partial charge in [0.2, 0.25) is 0 Å². The van der Waals surface area contributed by atoms with Crippen molar-refractivity contribution >= 4 is 17.6 Å². The van der Waals surface area contributed by atoms with Gasteiger partial charge in [-0.3, -0.25) is 10.1 Å². The molecule has 24 heavy (non-hydrogen) atoms. The van der Waals surface area contributed by atoms with Gasteiger partial charge < -0.3 is 5.32 Å². The number of rotatable bonds is 2. The van der Waals surface area contributed by atoms with Crippen molar-refractivity contribution in [1.29, 1.82) is 0 Å². The predicted octanol–water partition coefficient (Wildman–Crippen LogP) is 4.22. The fourth-order valence-electron chi connectivity index (χ4n) is 2.10. The minimum atomic E-state index is -1.14. The molecule has 0 saturated carbocycles. The van der Waals surface area contributed by atoms with E-state index in [2.05, 4.69) is 26.1 Å². The van der Waals surface area contributed by atoms with Gasteiger partial charge in [-0.1, -0.05) is 39.0 Å². The number of halogens is 2. The second-order valence-electron chi connectivity index (χ2n) is 6.33. The Morgan fingerprint density at radius 2 is 1.46 bits per heavy atom. The molecule has 3 amide bonds. The van der Waals surface area contributed by atoms with Crippen molar-refractivity contribution in [2.45, 2.75) is 26.2 Å². The molecule has 2 N–H and O–H groups in total. The van der Waals surface area contributed by atoms with Crippen LogP contribution in [0.4, 0.5) is 19.3 Å². The van der Waals surface area contributed by atoms with Gasteiger partial charge in [-0.05, 0) is 35.2 Å². The smallest absolute Gasteiger partial charge is 0.308 e. The molecule has 2 aromatic carbocycles. The molecule has 0 radical (unpaired) electrons. The summed E-state index contributed by atoms with van der Waals surface area (Å²) in [4.78, 5) is 23.6. The van der Waals surface area contributed by atoms with Crippen LogP contribution in [0.2, 0.25) is 0 Å². The number of anilines is 1. The molecule has 0 aliphatic rings. The number of benzene rings is 2. The maximum atomic E-state index is 13.5. The number of nitrogens with one attached hydrogen (secondary N) is 2. The monoisotopic (exact) mass is 332 g/mol. The maximum absolute atomic E-state index is 13.5. The third-order valence-corrected chi connectivity index (χ3v) is 3.43. The molecule has 2 aromatic rings. The third-order valence-electron chi connectivity index (χ3n) is 3.43. The molecule has 0 bridgehead atoms. The molecule has 0 fully saturated rings. The maximum Gasteiger partial charge on any atom is 0.326 e. The predicted molar refractivity (Wildman–Crippen MR) is 88.0 cm³/mol. The van der Waals surface area contributed by atoms with E-state index < -0.39 is 29.1 Å². The van der Waals surface area contributed by atoms with Crippen LogP contribution in [0.25, 0.3) is 0 Å². The lowest BCUT2D eigenvalue weighted by molar-refractivity contribution is 0.0959. The molecular weight excluding hydrogens is 314 g/mol. The fraction of sp³-hybridized carbons (Fsp3) is 0.222. The van der Waals surface area contributed by atoms with Crippen LogP contribution >= 0.6 is 0 Å². The number of carbonyl (C=O) groups excluding carboxylic acids is 2. The molecule has 0 atom stereocenters. The summed E-state index contributed by atoms with van der Waals surface area (Å²) in [5.41, 5.74) is 0.718. The number of amides is 3. The zero-order valence-corrected chi connectivity index (χ0v) is 13.6. The van der Waals surface area contributed by atoms with Crippen LogP contribution in [0.5, 0.6) is 0 Å². The number of urea groups is 1. The lowest BCUT2D eigenvalue weighted by atomic mass is 9.87. The Kier molecular flexibility index (Phi) is 4.97. The molecule has 0 spiro atoms. The van der Waals surface area contributed by atoms with Gasteiger partial charge in [-0.15, -0.1) is 0 Å². The van der Waals surface area contributed by atoms with Gasteiger partial charge in [-0.2, -0.15) is 0 Å². The van der Waals surface area contributed by atoms with Crippen molar-refractivity contribution in [1.82, 2.24) is 5.32 Å². The van der Waals surface area contributed by atoms with Crippen LogP contribution in [0.1, 0.15) is 36.7 Å². The normalized spacial score (nSPS) is 11.0. The highest BCUT2D eigenvalue weighted by Crippen LogP contribution is 2.23. The third kappa shape index (κ3) is 4.16. The first-order valence-corrected chi connectivity index (χ1v) is 7.35. The number of imide groups is 1. The average molecular weight is 332 g/mol. The molecule has 0 heterocycles. The molecule has 0 unspecified atom stereocenters. The lowest BCUT2D eigenvalue weighted by Crippen LogP contribution is -2.35. The molecule has 0 saturated heterocycles. The molecule has 0 aliphatic carbocycles. The van der Waals surface area contributed by atoms with Crippen molar-refractivity contribution in [3.05, 3.63) is 65.2 Å². The number of carbonyl (C=O) groups is 2. The van der Waals surface area contributed by atoms with E-state index in [1.54, 1.807) is 12.1 Å². The minimum absolute atomic E-state index is 0.0287. The lowest BCUT2D eigenvalue weighted by Gasteiger charge is -2.19. The van der Waals surface area contributed by atoms with E-state index >= 15 is 0 Å². The highest BCUT2D eigenvalue weighted by molar-refractivity contribution is 6.08. The van der Waals surface area contributed by atoms with Crippen LogP contribution < -0.4 is 10.6 Å². The Morgan fingerprint density at radius 1 is 0.917 bits per heavy atom. The van der Waals surface area contributed by atoms with Crippen LogP contribution in [-0.2, 0) is 5.41 Å². The van der Waals surface area contributed by atoms with Gasteiger partial charge >= 0.3 is 6.03 Å². The summed E-state index contributed by atoms with van der Waals surface area (Å²) in [7, 11) is 0. The Hall–Kier alpha value is -2.76. The largest absolute Gasteiger partial charge is 0.326 e. The minimum Gasteiger partial charge on any atom is -0.308 e. The zero-order chi connectivity index (χ0) is 17.9. The second kappa shape index (κ2) is 6.78. The summed E-state index contributed by atoms with van der Waals surface area (Å²) in [5, 5.41) is 4.35. The molecule has 2 rings (SSSR count). The first kappa shape index (κ1) is 17.6. The Labute approximate surface area is 138 Å². The summed E-state index contributed by atoms with van der Waals surface area (Å²) in [6.45, 7) is 6.18. The molecule has 0 aromatic heterocycles. The quantitative estimate of drug-likeness (QED) is 0.865. The van der Waals surface area contributed by atoms with Crippen LogP contribution in [0, 0.1) is 11.6 Å². The second-order valence-corrected chi connectivity index (χ2v) is 6.33. The van der Waals surface area contributed by atoms with Crippen molar-refractivity contribution in [3.8, 4) is 0 Å². The van der Waals surface area contributed by atoms with Crippen molar-refractivity contribution in [2.75, 3.05) is 5.32 Å². The van der Waals surface area contributed by atoms with Crippen molar-refractivity contribution in [2.24, 2.45) is 0 Å². The zero-order valence-electron chi connectivity index (χ0n) is 13.6. The van der Waals surface area contributed by atoms with E-state index in [1.165, 1.54) is 0 Å². The van der Waals surface area contributed by atoms with Gasteiger partial charge in [0.25, 0.3) is 5.91 Å².